The average Bonchev–Trinajstić information content (AvgIpc) is 2.95. The monoisotopic (exact) mass is 337 g/mol. The summed E-state index contributed by atoms with van der Waals surface area (Å²) < 4.78 is 6.32. The minimum absolute atomic E-state index is 0.0250. The summed E-state index contributed by atoms with van der Waals surface area (Å²) in [6.07, 6.45) is 5.18. The van der Waals surface area contributed by atoms with E-state index in [0.717, 1.165) is 23.1 Å². The van der Waals surface area contributed by atoms with Gasteiger partial charge in [-0.2, -0.15) is 0 Å². The summed E-state index contributed by atoms with van der Waals surface area (Å²) in [4.78, 5) is 18.7. The first-order valence-corrected chi connectivity index (χ1v) is 7.16. The molecule has 0 radical (unpaired) electrons. The first-order valence-electron chi connectivity index (χ1n) is 6.37. The standard InChI is InChI=1S/C14H16BrN3O2/c15-11-3-1-4-12(9-11)20-10-14(19)18-6-2-5-13-16-7-8-17-13/h1,3-4,7-9H,2,5-6,10H2,(H,16,17)(H,18,19). The van der Waals surface area contributed by atoms with Gasteiger partial charge in [-0.15, -0.1) is 0 Å². The Kier molecular flexibility index (Phi) is 5.61. The summed E-state index contributed by atoms with van der Waals surface area (Å²) in [5, 5.41) is 2.81. The molecule has 6 heteroatoms. The SMILES string of the molecule is O=C(COc1cccc(Br)c1)NCCCc1ncc[nH]1. The number of carbonyl (C=O) groups excluding carboxylic acids is 1. The molecule has 2 aromatic rings. The van der Waals surface area contributed by atoms with E-state index in [0.29, 0.717) is 12.3 Å². The number of nitrogens with zero attached hydrogens (tertiary/aromatic N) is 1. The van der Waals surface area contributed by atoms with Gasteiger partial charge >= 0.3 is 0 Å². The van der Waals surface area contributed by atoms with Crippen LogP contribution in [0.4, 0.5) is 0 Å². The van der Waals surface area contributed by atoms with Crippen LogP contribution in [-0.4, -0.2) is 29.0 Å². The van der Waals surface area contributed by atoms with Gasteiger partial charge in [0.15, 0.2) is 6.61 Å². The molecule has 0 aliphatic carbocycles. The quantitative estimate of drug-likeness (QED) is 0.762. The number of aromatic amines is 1. The maximum atomic E-state index is 11.6. The lowest BCUT2D eigenvalue weighted by Crippen LogP contribution is -2.29. The molecule has 20 heavy (non-hydrogen) atoms. The van der Waals surface area contributed by atoms with Crippen LogP contribution < -0.4 is 10.1 Å². The van der Waals surface area contributed by atoms with Crippen LogP contribution in [0.15, 0.2) is 41.1 Å². The normalized spacial score (nSPS) is 10.2. The number of benzene rings is 1. The van der Waals surface area contributed by atoms with Crippen LogP contribution in [0.2, 0.25) is 0 Å². The first-order chi connectivity index (χ1) is 9.74. The van der Waals surface area contributed by atoms with E-state index in [1.165, 1.54) is 0 Å². The van der Waals surface area contributed by atoms with Gasteiger partial charge in [0.25, 0.3) is 5.91 Å². The summed E-state index contributed by atoms with van der Waals surface area (Å²) in [5.41, 5.74) is 0. The van der Waals surface area contributed by atoms with Crippen molar-refractivity contribution in [2.75, 3.05) is 13.2 Å². The van der Waals surface area contributed by atoms with Crippen molar-refractivity contribution < 1.29 is 9.53 Å². The largest absolute Gasteiger partial charge is 0.484 e. The lowest BCUT2D eigenvalue weighted by Gasteiger charge is -2.07. The van der Waals surface area contributed by atoms with E-state index in [4.69, 9.17) is 4.74 Å². The van der Waals surface area contributed by atoms with E-state index in [1.54, 1.807) is 12.4 Å². The van der Waals surface area contributed by atoms with Crippen LogP contribution in [0.5, 0.6) is 5.75 Å². The second kappa shape index (κ2) is 7.69. The number of hydrogen-bond donors (Lipinski definition) is 2. The van der Waals surface area contributed by atoms with Gasteiger partial charge in [0.05, 0.1) is 0 Å². The van der Waals surface area contributed by atoms with Crippen molar-refractivity contribution in [2.24, 2.45) is 0 Å². The summed E-state index contributed by atoms with van der Waals surface area (Å²) in [6.45, 7) is 0.637. The van der Waals surface area contributed by atoms with Crippen LogP contribution in [-0.2, 0) is 11.2 Å². The van der Waals surface area contributed by atoms with Crippen LogP contribution in [0.1, 0.15) is 12.2 Å². The number of imidazole rings is 1. The number of halogens is 1. The molecule has 1 aromatic heterocycles. The van der Waals surface area contributed by atoms with Crippen molar-refractivity contribution in [3.05, 3.63) is 47.0 Å². The van der Waals surface area contributed by atoms with Crippen LogP contribution in [0, 0.1) is 0 Å². The molecule has 1 heterocycles. The van der Waals surface area contributed by atoms with Crippen molar-refractivity contribution in [3.63, 3.8) is 0 Å². The molecule has 1 amide bonds. The Bertz CT molecular complexity index is 543. The first kappa shape index (κ1) is 14.6. The van der Waals surface area contributed by atoms with Gasteiger partial charge in [-0.25, -0.2) is 4.98 Å². The number of aryl methyl sites for hydroxylation is 1. The fraction of sp³-hybridized carbons (Fsp3) is 0.286. The molecule has 2 N–H and O–H groups in total. The number of hydrogen-bond acceptors (Lipinski definition) is 3. The number of ether oxygens (including phenoxy) is 1. The zero-order valence-electron chi connectivity index (χ0n) is 10.9. The van der Waals surface area contributed by atoms with Gasteiger partial charge in [-0.1, -0.05) is 22.0 Å². The molecule has 0 saturated carbocycles. The van der Waals surface area contributed by atoms with Crippen LogP contribution >= 0.6 is 15.9 Å². The number of amides is 1. The van der Waals surface area contributed by atoms with Crippen LogP contribution in [0.25, 0.3) is 0 Å². The van der Waals surface area contributed by atoms with Crippen molar-refractivity contribution in [1.82, 2.24) is 15.3 Å². The second-order valence-electron chi connectivity index (χ2n) is 4.24. The Balaban J connectivity index is 1.61. The molecule has 0 fully saturated rings. The van der Waals surface area contributed by atoms with Gasteiger partial charge in [0, 0.05) is 29.8 Å². The molecule has 1 aromatic carbocycles. The highest BCUT2D eigenvalue weighted by molar-refractivity contribution is 9.10. The number of aromatic nitrogens is 2. The van der Waals surface area contributed by atoms with E-state index in [-0.39, 0.29) is 12.5 Å². The van der Waals surface area contributed by atoms with E-state index < -0.39 is 0 Å². The predicted octanol–water partition coefficient (Wildman–Crippen LogP) is 2.30. The van der Waals surface area contributed by atoms with E-state index in [1.807, 2.05) is 24.3 Å². The zero-order chi connectivity index (χ0) is 14.2. The Morgan fingerprint density at radius 3 is 3.10 bits per heavy atom. The minimum atomic E-state index is -0.121. The maximum absolute atomic E-state index is 11.6. The molecular formula is C14H16BrN3O2. The molecule has 0 aliphatic heterocycles. The molecule has 0 saturated heterocycles. The summed E-state index contributed by atoms with van der Waals surface area (Å²) >= 11 is 3.35. The molecule has 2 rings (SSSR count). The van der Waals surface area contributed by atoms with Crippen LogP contribution in [0.3, 0.4) is 0 Å². The van der Waals surface area contributed by atoms with Gasteiger partial charge in [-0.05, 0) is 24.6 Å². The highest BCUT2D eigenvalue weighted by Gasteiger charge is 2.03. The van der Waals surface area contributed by atoms with Gasteiger partial charge in [0.1, 0.15) is 11.6 Å². The molecule has 5 nitrogen and oxygen atoms in total. The highest BCUT2D eigenvalue weighted by atomic mass is 79.9. The fourth-order valence-corrected chi connectivity index (χ4v) is 2.05. The summed E-state index contributed by atoms with van der Waals surface area (Å²) in [6, 6.07) is 7.40. The Morgan fingerprint density at radius 2 is 2.35 bits per heavy atom. The Hall–Kier alpha value is -1.82. The summed E-state index contributed by atoms with van der Waals surface area (Å²) in [5.74, 6) is 1.49. The van der Waals surface area contributed by atoms with E-state index in [9.17, 15) is 4.79 Å². The third-order valence-corrected chi connectivity index (χ3v) is 3.13. The second-order valence-corrected chi connectivity index (χ2v) is 5.15. The Morgan fingerprint density at radius 1 is 1.45 bits per heavy atom. The van der Waals surface area contributed by atoms with Crippen molar-refractivity contribution in [1.29, 1.82) is 0 Å². The van der Waals surface area contributed by atoms with Gasteiger partial charge in [-0.3, -0.25) is 4.79 Å². The number of rotatable bonds is 7. The molecule has 0 atom stereocenters. The predicted molar refractivity (Wildman–Crippen MR) is 79.6 cm³/mol. The third kappa shape index (κ3) is 5.05. The molecule has 0 aliphatic rings. The smallest absolute Gasteiger partial charge is 0.257 e. The van der Waals surface area contributed by atoms with Crippen molar-refractivity contribution >= 4 is 21.8 Å². The molecule has 0 spiro atoms. The zero-order valence-corrected chi connectivity index (χ0v) is 12.5. The lowest BCUT2D eigenvalue weighted by molar-refractivity contribution is -0.123. The number of nitrogens with one attached hydrogen (secondary N) is 2. The number of carbonyl (C=O) groups is 1. The average molecular weight is 338 g/mol. The lowest BCUT2D eigenvalue weighted by atomic mass is 10.3. The van der Waals surface area contributed by atoms with Gasteiger partial charge < -0.3 is 15.0 Å². The number of H-pyrrole nitrogens is 1. The van der Waals surface area contributed by atoms with E-state index in [2.05, 4.69) is 31.2 Å². The molecule has 0 bridgehead atoms. The van der Waals surface area contributed by atoms with E-state index >= 15 is 0 Å². The van der Waals surface area contributed by atoms with Crippen molar-refractivity contribution in [3.8, 4) is 5.75 Å². The third-order valence-electron chi connectivity index (χ3n) is 2.63. The molecular weight excluding hydrogens is 322 g/mol. The maximum Gasteiger partial charge on any atom is 0.257 e. The van der Waals surface area contributed by atoms with Gasteiger partial charge in [0.2, 0.25) is 0 Å². The molecule has 106 valence electrons. The summed E-state index contributed by atoms with van der Waals surface area (Å²) in [7, 11) is 0. The molecule has 0 unspecified atom stereocenters. The minimum Gasteiger partial charge on any atom is -0.484 e. The van der Waals surface area contributed by atoms with Crippen molar-refractivity contribution in [2.45, 2.75) is 12.8 Å². The Labute approximate surface area is 125 Å². The highest BCUT2D eigenvalue weighted by Crippen LogP contribution is 2.17. The topological polar surface area (TPSA) is 67.0 Å². The fourth-order valence-electron chi connectivity index (χ4n) is 1.68.